The number of piperazine rings is 1. The maximum Gasteiger partial charge on any atom is 0.393 e. The minimum Gasteiger partial charge on any atom is -0.314 e. The van der Waals surface area contributed by atoms with Crippen molar-refractivity contribution >= 4 is 0 Å². The third-order valence-electron chi connectivity index (χ3n) is 3.42. The lowest BCUT2D eigenvalue weighted by atomic mass is 10.0. The number of benzene rings is 1. The lowest BCUT2D eigenvalue weighted by Crippen LogP contribution is -2.44. The lowest BCUT2D eigenvalue weighted by Gasteiger charge is -2.27. The molecule has 5 heteroatoms. The average Bonchev–Trinajstić information content (AvgIpc) is 2.37. The van der Waals surface area contributed by atoms with Crippen molar-refractivity contribution in [2.45, 2.75) is 19.0 Å². The molecule has 1 aliphatic heterocycles. The van der Waals surface area contributed by atoms with Crippen LogP contribution in [0.1, 0.15) is 11.1 Å². The average molecular weight is 272 g/mol. The summed E-state index contributed by atoms with van der Waals surface area (Å²) in [4.78, 5) is 2.29. The molecule has 0 aliphatic carbocycles. The Morgan fingerprint density at radius 3 is 2.32 bits per heavy atom. The van der Waals surface area contributed by atoms with Crippen LogP contribution < -0.4 is 5.32 Å². The van der Waals surface area contributed by atoms with Crippen molar-refractivity contribution in [3.8, 4) is 0 Å². The Kier molecular flexibility index (Phi) is 4.82. The van der Waals surface area contributed by atoms with E-state index in [2.05, 4.69) is 10.2 Å². The summed E-state index contributed by atoms with van der Waals surface area (Å²) in [5, 5.41) is 3.26. The number of halogens is 3. The van der Waals surface area contributed by atoms with E-state index < -0.39 is 12.6 Å². The number of alkyl halides is 3. The van der Waals surface area contributed by atoms with Gasteiger partial charge in [0.1, 0.15) is 0 Å². The number of rotatable bonds is 4. The van der Waals surface area contributed by atoms with E-state index in [1.165, 1.54) is 0 Å². The Morgan fingerprint density at radius 1 is 1.05 bits per heavy atom. The number of nitrogens with one attached hydrogen (secondary N) is 1. The predicted octanol–water partition coefficient (Wildman–Crippen LogP) is 2.24. The van der Waals surface area contributed by atoms with Crippen molar-refractivity contribution in [3.63, 3.8) is 0 Å². The van der Waals surface area contributed by atoms with E-state index in [1.807, 2.05) is 12.1 Å². The molecule has 1 saturated heterocycles. The number of hydrogen-bond acceptors (Lipinski definition) is 2. The van der Waals surface area contributed by atoms with Gasteiger partial charge in [-0.2, -0.15) is 13.2 Å². The molecule has 1 heterocycles. The zero-order valence-corrected chi connectivity index (χ0v) is 10.8. The molecule has 2 rings (SSSR count). The van der Waals surface area contributed by atoms with Gasteiger partial charge in [-0.05, 0) is 17.5 Å². The summed E-state index contributed by atoms with van der Waals surface area (Å²) < 4.78 is 37.5. The molecule has 0 radical (unpaired) electrons. The van der Waals surface area contributed by atoms with Crippen molar-refractivity contribution in [1.29, 1.82) is 0 Å². The molecule has 0 saturated carbocycles. The van der Waals surface area contributed by atoms with Gasteiger partial charge < -0.3 is 10.2 Å². The van der Waals surface area contributed by atoms with Gasteiger partial charge in [0.05, 0.1) is 6.42 Å². The molecule has 1 N–H and O–H groups in total. The topological polar surface area (TPSA) is 15.3 Å². The van der Waals surface area contributed by atoms with Crippen LogP contribution in [0, 0.1) is 0 Å². The quantitative estimate of drug-likeness (QED) is 0.904. The number of nitrogens with zero attached hydrogens (tertiary/aromatic N) is 1. The summed E-state index contributed by atoms with van der Waals surface area (Å²) in [6, 6.07) is 6.88. The summed E-state index contributed by atoms with van der Waals surface area (Å²) in [6.07, 6.45) is -4.28. The zero-order chi connectivity index (χ0) is 13.7. The van der Waals surface area contributed by atoms with E-state index in [0.29, 0.717) is 12.0 Å². The molecule has 1 aliphatic rings. The maximum atomic E-state index is 12.5. The fourth-order valence-corrected chi connectivity index (χ4v) is 2.40. The minimum atomic E-state index is -4.13. The molecule has 0 aromatic heterocycles. The Labute approximate surface area is 111 Å². The first-order valence-corrected chi connectivity index (χ1v) is 6.61. The van der Waals surface area contributed by atoms with Crippen LogP contribution in [0.5, 0.6) is 0 Å². The van der Waals surface area contributed by atoms with Crippen molar-refractivity contribution in [2.24, 2.45) is 0 Å². The molecule has 0 bridgehead atoms. The van der Waals surface area contributed by atoms with Crippen LogP contribution >= 0.6 is 0 Å². The smallest absolute Gasteiger partial charge is 0.314 e. The van der Waals surface area contributed by atoms with Crippen LogP contribution in [-0.4, -0.2) is 43.8 Å². The van der Waals surface area contributed by atoms with Gasteiger partial charge in [0.25, 0.3) is 0 Å². The Balaban J connectivity index is 1.95. The van der Waals surface area contributed by atoms with Gasteiger partial charge in [-0.3, -0.25) is 0 Å². The van der Waals surface area contributed by atoms with Gasteiger partial charge in [0.15, 0.2) is 0 Å². The van der Waals surface area contributed by atoms with Crippen LogP contribution in [0.15, 0.2) is 24.3 Å². The second kappa shape index (κ2) is 6.39. The summed E-state index contributed by atoms with van der Waals surface area (Å²) >= 11 is 0. The summed E-state index contributed by atoms with van der Waals surface area (Å²) in [5.41, 5.74) is 1.23. The van der Waals surface area contributed by atoms with Crippen LogP contribution in [-0.2, 0) is 12.8 Å². The van der Waals surface area contributed by atoms with E-state index in [-0.39, 0.29) is 0 Å². The van der Waals surface area contributed by atoms with Gasteiger partial charge in [-0.25, -0.2) is 0 Å². The largest absolute Gasteiger partial charge is 0.393 e. The van der Waals surface area contributed by atoms with E-state index >= 15 is 0 Å². The van der Waals surface area contributed by atoms with Gasteiger partial charge in [-0.15, -0.1) is 0 Å². The highest BCUT2D eigenvalue weighted by Gasteiger charge is 2.28. The molecular weight excluding hydrogens is 253 g/mol. The van der Waals surface area contributed by atoms with Crippen LogP contribution in [0.25, 0.3) is 0 Å². The number of hydrogen-bond donors (Lipinski definition) is 1. The molecule has 1 aromatic carbocycles. The van der Waals surface area contributed by atoms with Crippen molar-refractivity contribution in [2.75, 3.05) is 32.7 Å². The van der Waals surface area contributed by atoms with E-state index in [0.717, 1.165) is 38.3 Å². The summed E-state index contributed by atoms with van der Waals surface area (Å²) in [5.74, 6) is 0. The Hall–Kier alpha value is -1.07. The Bertz CT molecular complexity index is 398. The lowest BCUT2D eigenvalue weighted by molar-refractivity contribution is -0.127. The first kappa shape index (κ1) is 14.3. The van der Waals surface area contributed by atoms with Crippen molar-refractivity contribution in [1.82, 2.24) is 10.2 Å². The first-order valence-electron chi connectivity index (χ1n) is 6.61. The van der Waals surface area contributed by atoms with Gasteiger partial charge >= 0.3 is 6.18 Å². The molecular formula is C14H19F3N2. The van der Waals surface area contributed by atoms with Gasteiger partial charge in [0.2, 0.25) is 0 Å². The fourth-order valence-electron chi connectivity index (χ4n) is 2.40. The zero-order valence-electron chi connectivity index (χ0n) is 10.8. The Morgan fingerprint density at radius 2 is 1.68 bits per heavy atom. The molecule has 2 nitrogen and oxygen atoms in total. The second-order valence-corrected chi connectivity index (χ2v) is 4.90. The normalized spacial score (nSPS) is 17.6. The predicted molar refractivity (Wildman–Crippen MR) is 69.2 cm³/mol. The highest BCUT2D eigenvalue weighted by atomic mass is 19.4. The molecule has 1 aromatic rings. The SMILES string of the molecule is FC(F)(F)Cc1ccccc1CCN1CCNCC1. The van der Waals surface area contributed by atoms with E-state index in [9.17, 15) is 13.2 Å². The molecule has 0 atom stereocenters. The highest BCUT2D eigenvalue weighted by Crippen LogP contribution is 2.23. The summed E-state index contributed by atoms with van der Waals surface area (Å²) in [7, 11) is 0. The van der Waals surface area contributed by atoms with E-state index in [1.54, 1.807) is 12.1 Å². The second-order valence-electron chi connectivity index (χ2n) is 4.90. The molecule has 0 unspecified atom stereocenters. The molecule has 0 amide bonds. The molecule has 106 valence electrons. The third-order valence-corrected chi connectivity index (χ3v) is 3.42. The van der Waals surface area contributed by atoms with Crippen molar-refractivity contribution < 1.29 is 13.2 Å². The van der Waals surface area contributed by atoms with Gasteiger partial charge in [0, 0.05) is 32.7 Å². The first-order chi connectivity index (χ1) is 9.04. The minimum absolute atomic E-state index is 0.408. The van der Waals surface area contributed by atoms with E-state index in [4.69, 9.17) is 0 Å². The molecule has 19 heavy (non-hydrogen) atoms. The van der Waals surface area contributed by atoms with Crippen molar-refractivity contribution in [3.05, 3.63) is 35.4 Å². The standard InChI is InChI=1S/C14H19F3N2/c15-14(16,17)11-13-4-2-1-3-12(13)5-8-19-9-6-18-7-10-19/h1-4,18H,5-11H2. The molecule has 1 fully saturated rings. The monoisotopic (exact) mass is 272 g/mol. The third kappa shape index (κ3) is 4.84. The van der Waals surface area contributed by atoms with Gasteiger partial charge in [-0.1, -0.05) is 24.3 Å². The molecule has 0 spiro atoms. The fraction of sp³-hybridized carbons (Fsp3) is 0.571. The van der Waals surface area contributed by atoms with Crippen LogP contribution in [0.4, 0.5) is 13.2 Å². The van der Waals surface area contributed by atoms with Crippen LogP contribution in [0.3, 0.4) is 0 Å². The highest BCUT2D eigenvalue weighted by molar-refractivity contribution is 5.28. The van der Waals surface area contributed by atoms with Crippen LogP contribution in [0.2, 0.25) is 0 Å². The maximum absolute atomic E-state index is 12.5. The summed E-state index contributed by atoms with van der Waals surface area (Å²) in [6.45, 7) is 4.70.